The van der Waals surface area contributed by atoms with Gasteiger partial charge in [-0.1, -0.05) is 24.8 Å². The van der Waals surface area contributed by atoms with E-state index in [1.807, 2.05) is 0 Å². The summed E-state index contributed by atoms with van der Waals surface area (Å²) in [4.78, 5) is 38.4. The number of sulfonamides is 1. The van der Waals surface area contributed by atoms with Crippen molar-refractivity contribution in [3.8, 4) is 11.5 Å². The number of carboxylic acid groups (broad SMARTS) is 1. The van der Waals surface area contributed by atoms with Gasteiger partial charge in [0.15, 0.2) is 0 Å². The van der Waals surface area contributed by atoms with Crippen LogP contribution in [-0.4, -0.2) is 73.5 Å². The van der Waals surface area contributed by atoms with Gasteiger partial charge in [-0.3, -0.25) is 9.59 Å². The first kappa shape index (κ1) is 36.0. The fourth-order valence-corrected chi connectivity index (χ4v) is 7.55. The molecule has 0 saturated heterocycles. The maximum absolute atomic E-state index is 14.3. The number of aromatic carboxylic acids is 1. The maximum Gasteiger partial charge on any atom is 0.405 e. The van der Waals surface area contributed by atoms with Crippen molar-refractivity contribution < 1.29 is 63.7 Å². The molecule has 0 bridgehead atoms. The first-order valence-electron chi connectivity index (χ1n) is 14.7. The Labute approximate surface area is 280 Å². The van der Waals surface area contributed by atoms with Gasteiger partial charge in [0.2, 0.25) is 10.0 Å². The van der Waals surface area contributed by atoms with Crippen LogP contribution in [0.5, 0.6) is 11.5 Å². The molecule has 3 N–H and O–H groups in total. The zero-order valence-corrected chi connectivity index (χ0v) is 26.5. The fourth-order valence-electron chi connectivity index (χ4n) is 5.79. The highest BCUT2D eigenvalue weighted by atomic mass is 32.2. The Bertz CT molecular complexity index is 1910. The van der Waals surface area contributed by atoms with Crippen molar-refractivity contribution in [1.29, 1.82) is 0 Å². The highest BCUT2D eigenvalue weighted by Crippen LogP contribution is 2.59. The van der Waals surface area contributed by atoms with Crippen LogP contribution in [0.1, 0.15) is 50.2 Å². The molecule has 2 aliphatic heterocycles. The van der Waals surface area contributed by atoms with Gasteiger partial charge in [0.05, 0.1) is 11.3 Å². The van der Waals surface area contributed by atoms with Gasteiger partial charge in [-0.25, -0.2) is 17.5 Å². The molecule has 266 valence electrons. The summed E-state index contributed by atoms with van der Waals surface area (Å²) in [5.41, 5.74) is -3.56. The number of hydrogen-bond donors (Lipinski definition) is 3. The summed E-state index contributed by atoms with van der Waals surface area (Å²) in [6.07, 6.45) is -8.69. The molecule has 2 aliphatic rings. The molecule has 18 heteroatoms. The van der Waals surface area contributed by atoms with E-state index in [2.05, 4.69) is 17.2 Å². The van der Waals surface area contributed by atoms with Gasteiger partial charge in [-0.15, -0.1) is 0 Å². The summed E-state index contributed by atoms with van der Waals surface area (Å²) in [5.74, 6) is -4.68. The van der Waals surface area contributed by atoms with E-state index in [0.29, 0.717) is 4.31 Å². The van der Waals surface area contributed by atoms with Crippen molar-refractivity contribution in [3.05, 3.63) is 95.1 Å². The van der Waals surface area contributed by atoms with Crippen molar-refractivity contribution in [2.24, 2.45) is 0 Å². The van der Waals surface area contributed by atoms with Crippen molar-refractivity contribution in [2.75, 3.05) is 36.1 Å². The summed E-state index contributed by atoms with van der Waals surface area (Å²) >= 11 is 0. The minimum absolute atomic E-state index is 0.109. The number of esters is 1. The molecule has 0 fully saturated rings. The Morgan fingerprint density at radius 2 is 1.46 bits per heavy atom. The molecule has 5 rings (SSSR count). The number of carbonyl (C=O) groups excluding carboxylic acids is 2. The van der Waals surface area contributed by atoms with Gasteiger partial charge in [0.25, 0.3) is 5.91 Å². The topological polar surface area (TPSA) is 151 Å². The average Bonchev–Trinajstić information content (AvgIpc) is 3.29. The fraction of sp³-hybridized carbons (Fsp3) is 0.281. The van der Waals surface area contributed by atoms with Gasteiger partial charge in [0, 0.05) is 52.2 Å². The van der Waals surface area contributed by atoms with Gasteiger partial charge in [0.1, 0.15) is 36.7 Å². The standard InChI is InChI=1S/C32H27F6N3O8S/c1-2-11-48-27(42)4-3-12-50(46,47)41-28(43)21-8-5-18(29(44)45)13-24(21)32(41)22-9-6-19(39-16-30(33,34)35)14-25(22)49-26-15-20(7-10-23(26)32)40-17-31(36,37)38/h2,5-10,13-15,39-40H,1,3-4,11-12,16-17H2,(H,44,45). The van der Waals surface area contributed by atoms with Crippen molar-refractivity contribution >= 4 is 39.2 Å². The number of carbonyl (C=O) groups is 3. The lowest BCUT2D eigenvalue weighted by Gasteiger charge is -2.43. The van der Waals surface area contributed by atoms with Crippen molar-refractivity contribution in [3.63, 3.8) is 0 Å². The van der Waals surface area contributed by atoms with Crippen LogP contribution in [0.4, 0.5) is 37.7 Å². The third-order valence-electron chi connectivity index (χ3n) is 7.75. The monoisotopic (exact) mass is 727 g/mol. The van der Waals surface area contributed by atoms with Gasteiger partial charge >= 0.3 is 24.3 Å². The average molecular weight is 728 g/mol. The van der Waals surface area contributed by atoms with Gasteiger partial charge < -0.3 is 25.2 Å². The molecular formula is C32H27F6N3O8S. The van der Waals surface area contributed by atoms with Crippen LogP contribution in [0.15, 0.2) is 67.3 Å². The van der Waals surface area contributed by atoms with Crippen LogP contribution in [0, 0.1) is 0 Å². The Kier molecular flexibility index (Phi) is 9.53. The van der Waals surface area contributed by atoms with E-state index < -0.39 is 64.6 Å². The Balaban J connectivity index is 1.74. The minimum atomic E-state index is -4.77. The molecule has 0 unspecified atom stereocenters. The zero-order chi connectivity index (χ0) is 36.6. The molecule has 2 heterocycles. The summed E-state index contributed by atoms with van der Waals surface area (Å²) in [5, 5.41) is 14.2. The molecule has 11 nitrogen and oxygen atoms in total. The van der Waals surface area contributed by atoms with E-state index in [-0.39, 0.29) is 70.1 Å². The lowest BCUT2D eigenvalue weighted by atomic mass is 9.75. The van der Waals surface area contributed by atoms with Crippen LogP contribution < -0.4 is 15.4 Å². The first-order valence-corrected chi connectivity index (χ1v) is 16.3. The Hall–Kier alpha value is -5.26. The van der Waals surface area contributed by atoms with E-state index in [9.17, 15) is 54.3 Å². The summed E-state index contributed by atoms with van der Waals surface area (Å²) in [6.45, 7) is 0.336. The van der Waals surface area contributed by atoms with E-state index in [4.69, 9.17) is 9.47 Å². The van der Waals surface area contributed by atoms with Gasteiger partial charge in [-0.2, -0.15) is 26.3 Å². The molecule has 0 aliphatic carbocycles. The molecule has 3 aromatic carbocycles. The van der Waals surface area contributed by atoms with Crippen LogP contribution in [0.2, 0.25) is 0 Å². The molecule has 0 saturated carbocycles. The molecule has 0 radical (unpaired) electrons. The minimum Gasteiger partial charge on any atom is -0.478 e. The van der Waals surface area contributed by atoms with E-state index in [0.717, 1.165) is 30.3 Å². The number of benzene rings is 3. The number of carboxylic acids is 1. The van der Waals surface area contributed by atoms with Crippen LogP contribution in [0.25, 0.3) is 0 Å². The predicted octanol–water partition coefficient (Wildman–Crippen LogP) is 6.03. The number of fused-ring (bicyclic) bond motifs is 6. The van der Waals surface area contributed by atoms with Gasteiger partial charge in [-0.05, 0) is 36.8 Å². The highest BCUT2D eigenvalue weighted by Gasteiger charge is 2.60. The molecule has 1 amide bonds. The number of rotatable bonds is 12. The second-order valence-electron chi connectivity index (χ2n) is 11.2. The molecule has 3 aromatic rings. The second kappa shape index (κ2) is 13.2. The number of nitrogens with one attached hydrogen (secondary N) is 2. The number of halogens is 6. The normalized spacial score (nSPS) is 14.7. The lowest BCUT2D eigenvalue weighted by molar-refractivity contribution is -0.142. The summed E-state index contributed by atoms with van der Waals surface area (Å²) < 4.78 is 118. The number of amides is 1. The maximum atomic E-state index is 14.3. The number of alkyl halides is 6. The third kappa shape index (κ3) is 7.05. The molecule has 50 heavy (non-hydrogen) atoms. The number of nitrogens with zero attached hydrogens (tertiary/aromatic N) is 1. The van der Waals surface area contributed by atoms with E-state index >= 15 is 0 Å². The number of ether oxygens (including phenoxy) is 2. The smallest absolute Gasteiger partial charge is 0.405 e. The number of anilines is 2. The quantitative estimate of drug-likeness (QED) is 0.115. The van der Waals surface area contributed by atoms with Crippen LogP contribution >= 0.6 is 0 Å². The molecule has 1 spiro atoms. The molecule has 0 atom stereocenters. The Morgan fingerprint density at radius 1 is 0.900 bits per heavy atom. The predicted molar refractivity (Wildman–Crippen MR) is 166 cm³/mol. The summed E-state index contributed by atoms with van der Waals surface area (Å²) in [7, 11) is -4.77. The SMILES string of the molecule is C=CCOC(=O)CCCS(=O)(=O)N1C(=O)c2ccc(C(=O)O)cc2C12c1ccc(NCC(F)(F)F)cc1Oc1cc(NCC(F)(F)F)ccc12. The number of hydrogen-bond acceptors (Lipinski definition) is 9. The Morgan fingerprint density at radius 3 is 1.96 bits per heavy atom. The lowest BCUT2D eigenvalue weighted by Crippen LogP contribution is -2.51. The molecule has 0 aromatic heterocycles. The van der Waals surface area contributed by atoms with E-state index in [1.165, 1.54) is 30.3 Å². The summed E-state index contributed by atoms with van der Waals surface area (Å²) in [6, 6.07) is 10.2. The first-order chi connectivity index (χ1) is 23.4. The highest BCUT2D eigenvalue weighted by molar-refractivity contribution is 7.89. The largest absolute Gasteiger partial charge is 0.478 e. The second-order valence-corrected chi connectivity index (χ2v) is 13.1. The van der Waals surface area contributed by atoms with Crippen molar-refractivity contribution in [2.45, 2.75) is 30.7 Å². The third-order valence-corrected chi connectivity index (χ3v) is 9.55. The van der Waals surface area contributed by atoms with Crippen molar-refractivity contribution in [1.82, 2.24) is 4.31 Å². The van der Waals surface area contributed by atoms with Crippen LogP contribution in [0.3, 0.4) is 0 Å². The van der Waals surface area contributed by atoms with Crippen LogP contribution in [-0.2, 0) is 25.1 Å². The molecular weight excluding hydrogens is 700 g/mol. The zero-order valence-electron chi connectivity index (χ0n) is 25.7. The van der Waals surface area contributed by atoms with E-state index in [1.54, 1.807) is 0 Å².